The fourth-order valence-electron chi connectivity index (χ4n) is 3.15. The summed E-state index contributed by atoms with van der Waals surface area (Å²) in [6.07, 6.45) is 13.3. The molecular formula is C24H30O2. The fraction of sp³-hybridized carbons (Fsp3) is 0.375. The number of carbonyl (C=O) groups excluding carboxylic acids is 1. The third-order valence-corrected chi connectivity index (χ3v) is 4.66. The zero-order chi connectivity index (χ0) is 18.5. The Kier molecular flexibility index (Phi) is 9.27. The molecule has 0 saturated heterocycles. The molecule has 0 aliphatic carbocycles. The van der Waals surface area contributed by atoms with Crippen LogP contribution >= 0.6 is 0 Å². The number of esters is 1. The van der Waals surface area contributed by atoms with Crippen LogP contribution in [0.1, 0.15) is 55.2 Å². The zero-order valence-corrected chi connectivity index (χ0v) is 15.8. The maximum Gasteiger partial charge on any atom is 0.330 e. The van der Waals surface area contributed by atoms with E-state index in [-0.39, 0.29) is 5.97 Å². The molecule has 0 atom stereocenters. The standard InChI is InChI=1S/C24H30O2/c1-26-24(25)20-19-23-18-12-11-17-22(23)16-10-5-3-2-4-7-13-21-14-8-6-9-15-21/h6,8-9,11-12,14-15,17-20H,2-5,7,10,13,16H2,1H3/b20-19+. The van der Waals surface area contributed by atoms with E-state index in [9.17, 15) is 4.79 Å². The van der Waals surface area contributed by atoms with Crippen molar-refractivity contribution in [3.05, 3.63) is 77.4 Å². The molecule has 0 saturated carbocycles. The monoisotopic (exact) mass is 350 g/mol. The van der Waals surface area contributed by atoms with Gasteiger partial charge in [-0.05, 0) is 48.4 Å². The smallest absolute Gasteiger partial charge is 0.330 e. The van der Waals surface area contributed by atoms with Crippen LogP contribution in [0.25, 0.3) is 6.08 Å². The molecular weight excluding hydrogens is 320 g/mol. The second-order valence-corrected chi connectivity index (χ2v) is 6.66. The fourth-order valence-corrected chi connectivity index (χ4v) is 3.15. The second-order valence-electron chi connectivity index (χ2n) is 6.66. The number of hydrogen-bond acceptors (Lipinski definition) is 2. The first-order chi connectivity index (χ1) is 12.8. The Hall–Kier alpha value is -2.35. The van der Waals surface area contributed by atoms with Gasteiger partial charge in [0.2, 0.25) is 0 Å². The highest BCUT2D eigenvalue weighted by atomic mass is 16.5. The Bertz CT molecular complexity index is 674. The Morgan fingerprint density at radius 1 is 0.808 bits per heavy atom. The number of carbonyl (C=O) groups is 1. The van der Waals surface area contributed by atoms with Crippen molar-refractivity contribution < 1.29 is 9.53 Å². The van der Waals surface area contributed by atoms with Crippen molar-refractivity contribution in [2.24, 2.45) is 0 Å². The van der Waals surface area contributed by atoms with E-state index >= 15 is 0 Å². The van der Waals surface area contributed by atoms with Gasteiger partial charge in [-0.2, -0.15) is 0 Å². The lowest BCUT2D eigenvalue weighted by atomic mass is 9.99. The molecule has 0 fully saturated rings. The van der Waals surface area contributed by atoms with Gasteiger partial charge in [0, 0.05) is 6.08 Å². The molecule has 0 N–H and O–H groups in total. The van der Waals surface area contributed by atoms with Crippen LogP contribution in [-0.4, -0.2) is 13.1 Å². The van der Waals surface area contributed by atoms with Crippen molar-refractivity contribution in [2.45, 2.75) is 51.4 Å². The Morgan fingerprint density at radius 3 is 2.15 bits per heavy atom. The van der Waals surface area contributed by atoms with Gasteiger partial charge in [-0.3, -0.25) is 0 Å². The minimum atomic E-state index is -0.310. The summed E-state index contributed by atoms with van der Waals surface area (Å²) in [5.41, 5.74) is 3.86. The van der Waals surface area contributed by atoms with E-state index in [1.54, 1.807) is 0 Å². The van der Waals surface area contributed by atoms with Gasteiger partial charge in [0.25, 0.3) is 0 Å². The van der Waals surface area contributed by atoms with E-state index < -0.39 is 0 Å². The lowest BCUT2D eigenvalue weighted by Crippen LogP contribution is -1.95. The van der Waals surface area contributed by atoms with Crippen LogP contribution in [0.4, 0.5) is 0 Å². The van der Waals surface area contributed by atoms with E-state index in [0.29, 0.717) is 0 Å². The molecule has 2 nitrogen and oxygen atoms in total. The molecule has 0 heterocycles. The van der Waals surface area contributed by atoms with Crippen LogP contribution in [0.2, 0.25) is 0 Å². The molecule has 26 heavy (non-hydrogen) atoms. The highest BCUT2D eigenvalue weighted by Crippen LogP contribution is 2.16. The Morgan fingerprint density at radius 2 is 1.42 bits per heavy atom. The van der Waals surface area contributed by atoms with Gasteiger partial charge in [-0.25, -0.2) is 4.79 Å². The molecule has 0 bridgehead atoms. The summed E-state index contributed by atoms with van der Waals surface area (Å²) in [6.45, 7) is 0. The molecule has 138 valence electrons. The quantitative estimate of drug-likeness (QED) is 0.282. The van der Waals surface area contributed by atoms with Crippen LogP contribution in [0.3, 0.4) is 0 Å². The zero-order valence-electron chi connectivity index (χ0n) is 15.8. The highest BCUT2D eigenvalue weighted by Gasteiger charge is 2.00. The van der Waals surface area contributed by atoms with Crippen LogP contribution in [-0.2, 0) is 22.4 Å². The molecule has 0 aliphatic rings. The van der Waals surface area contributed by atoms with Gasteiger partial charge in [0.05, 0.1) is 7.11 Å². The molecule has 0 spiro atoms. The van der Waals surface area contributed by atoms with Crippen molar-refractivity contribution in [1.29, 1.82) is 0 Å². The summed E-state index contributed by atoms with van der Waals surface area (Å²) >= 11 is 0. The molecule has 0 unspecified atom stereocenters. The maximum atomic E-state index is 11.3. The average molecular weight is 351 g/mol. The summed E-state index contributed by atoms with van der Waals surface area (Å²) in [6, 6.07) is 19.0. The topological polar surface area (TPSA) is 26.3 Å². The van der Waals surface area contributed by atoms with Gasteiger partial charge in [-0.15, -0.1) is 0 Å². The Labute approximate surface area is 157 Å². The average Bonchev–Trinajstić information content (AvgIpc) is 2.69. The summed E-state index contributed by atoms with van der Waals surface area (Å²) < 4.78 is 4.66. The molecule has 2 aromatic rings. The van der Waals surface area contributed by atoms with Gasteiger partial charge in [-0.1, -0.05) is 80.3 Å². The van der Waals surface area contributed by atoms with Crippen molar-refractivity contribution in [1.82, 2.24) is 0 Å². The Balaban J connectivity index is 1.61. The summed E-state index contributed by atoms with van der Waals surface area (Å²) in [5, 5.41) is 0. The van der Waals surface area contributed by atoms with E-state index in [2.05, 4.69) is 53.3 Å². The molecule has 0 aromatic heterocycles. The maximum absolute atomic E-state index is 11.3. The minimum Gasteiger partial charge on any atom is -0.466 e. The summed E-state index contributed by atoms with van der Waals surface area (Å²) in [7, 11) is 1.40. The summed E-state index contributed by atoms with van der Waals surface area (Å²) in [4.78, 5) is 11.3. The normalized spacial score (nSPS) is 11.0. The van der Waals surface area contributed by atoms with Gasteiger partial charge in [0.15, 0.2) is 0 Å². The van der Waals surface area contributed by atoms with Crippen molar-refractivity contribution in [3.63, 3.8) is 0 Å². The number of aryl methyl sites for hydroxylation is 2. The number of hydrogen-bond donors (Lipinski definition) is 0. The lowest BCUT2D eigenvalue weighted by Gasteiger charge is -2.06. The number of ether oxygens (including phenoxy) is 1. The third kappa shape index (κ3) is 7.69. The number of benzene rings is 2. The summed E-state index contributed by atoms with van der Waals surface area (Å²) in [5.74, 6) is -0.310. The predicted octanol–water partition coefficient (Wildman–Crippen LogP) is 6.00. The van der Waals surface area contributed by atoms with Crippen LogP contribution in [0.15, 0.2) is 60.7 Å². The SMILES string of the molecule is COC(=O)/C=C/c1ccccc1CCCCCCCCc1ccccc1. The van der Waals surface area contributed by atoms with Crippen LogP contribution < -0.4 is 0 Å². The van der Waals surface area contributed by atoms with E-state index in [1.165, 1.54) is 69.3 Å². The van der Waals surface area contributed by atoms with Gasteiger partial charge >= 0.3 is 5.97 Å². The van der Waals surface area contributed by atoms with Crippen molar-refractivity contribution >= 4 is 12.0 Å². The second kappa shape index (κ2) is 12.1. The van der Waals surface area contributed by atoms with E-state index in [1.807, 2.05) is 12.1 Å². The van der Waals surface area contributed by atoms with E-state index in [4.69, 9.17) is 0 Å². The molecule has 2 rings (SSSR count). The molecule has 2 aromatic carbocycles. The number of methoxy groups -OCH3 is 1. The molecule has 0 amide bonds. The largest absolute Gasteiger partial charge is 0.466 e. The van der Waals surface area contributed by atoms with Crippen LogP contribution in [0, 0.1) is 0 Å². The first kappa shape index (κ1) is 20.0. The predicted molar refractivity (Wildman–Crippen MR) is 109 cm³/mol. The minimum absolute atomic E-state index is 0.310. The number of unbranched alkanes of at least 4 members (excludes halogenated alkanes) is 5. The van der Waals surface area contributed by atoms with Crippen LogP contribution in [0.5, 0.6) is 0 Å². The van der Waals surface area contributed by atoms with E-state index in [0.717, 1.165) is 12.0 Å². The van der Waals surface area contributed by atoms with Gasteiger partial charge in [0.1, 0.15) is 0 Å². The number of rotatable bonds is 11. The third-order valence-electron chi connectivity index (χ3n) is 4.66. The van der Waals surface area contributed by atoms with Crippen molar-refractivity contribution in [2.75, 3.05) is 7.11 Å². The van der Waals surface area contributed by atoms with Crippen molar-refractivity contribution in [3.8, 4) is 0 Å². The first-order valence-electron chi connectivity index (χ1n) is 9.67. The lowest BCUT2D eigenvalue weighted by molar-refractivity contribution is -0.134. The van der Waals surface area contributed by atoms with Gasteiger partial charge < -0.3 is 4.74 Å². The highest BCUT2D eigenvalue weighted by molar-refractivity contribution is 5.87. The molecule has 0 radical (unpaired) electrons. The molecule has 2 heteroatoms. The first-order valence-corrected chi connectivity index (χ1v) is 9.67. The molecule has 0 aliphatic heterocycles.